The van der Waals surface area contributed by atoms with Gasteiger partial charge >= 0.3 is 0 Å². The third kappa shape index (κ3) is 5.48. The van der Waals surface area contributed by atoms with Crippen molar-refractivity contribution in [2.45, 2.75) is 18.7 Å². The van der Waals surface area contributed by atoms with Crippen molar-refractivity contribution in [3.63, 3.8) is 0 Å². The molecule has 2 aromatic heterocycles. The average Bonchev–Trinajstić information content (AvgIpc) is 3.39. The number of ether oxygens (including phenoxy) is 1. The van der Waals surface area contributed by atoms with Crippen LogP contribution in [0.2, 0.25) is 5.02 Å². The van der Waals surface area contributed by atoms with Crippen LogP contribution < -0.4 is 10.1 Å². The fourth-order valence-electron chi connectivity index (χ4n) is 2.77. The lowest BCUT2D eigenvalue weighted by Gasteiger charge is -2.07. The van der Waals surface area contributed by atoms with Crippen molar-refractivity contribution in [1.82, 2.24) is 19.7 Å². The van der Waals surface area contributed by atoms with E-state index in [9.17, 15) is 4.79 Å². The van der Waals surface area contributed by atoms with E-state index in [0.29, 0.717) is 26.9 Å². The van der Waals surface area contributed by atoms with Gasteiger partial charge in [-0.2, -0.15) is 0 Å². The minimum absolute atomic E-state index is 0.156. The monoisotopic (exact) mass is 485 g/mol. The van der Waals surface area contributed by atoms with Crippen molar-refractivity contribution >= 4 is 45.7 Å². The smallest absolute Gasteiger partial charge is 0.236 e. The summed E-state index contributed by atoms with van der Waals surface area (Å²) in [5.74, 6) is 1.25. The molecule has 2 heterocycles. The second-order valence-electron chi connectivity index (χ2n) is 6.92. The molecule has 164 valence electrons. The normalized spacial score (nSPS) is 10.8. The van der Waals surface area contributed by atoms with Crippen LogP contribution in [0.4, 0.5) is 5.13 Å². The number of thioether (sulfide) groups is 1. The Balaban J connectivity index is 1.30. The summed E-state index contributed by atoms with van der Waals surface area (Å²) >= 11 is 8.80. The maximum Gasteiger partial charge on any atom is 0.236 e. The summed E-state index contributed by atoms with van der Waals surface area (Å²) in [7, 11) is 1.83. The Morgan fingerprint density at radius 3 is 2.75 bits per heavy atom. The molecule has 0 atom stereocenters. The van der Waals surface area contributed by atoms with Gasteiger partial charge in [-0.05, 0) is 19.1 Å². The number of amides is 1. The minimum atomic E-state index is -0.156. The SMILES string of the molecule is Cc1ccc(-c2csc(NC(=O)CSc3nnc(COc4ccccc4Cl)n3C)n2)cc1. The van der Waals surface area contributed by atoms with Crippen LogP contribution in [0.15, 0.2) is 59.1 Å². The largest absolute Gasteiger partial charge is 0.484 e. The van der Waals surface area contributed by atoms with Crippen LogP contribution in [0.25, 0.3) is 11.3 Å². The molecule has 0 spiro atoms. The van der Waals surface area contributed by atoms with Crippen molar-refractivity contribution < 1.29 is 9.53 Å². The van der Waals surface area contributed by atoms with Crippen molar-refractivity contribution in [2.24, 2.45) is 7.05 Å². The average molecular weight is 486 g/mol. The molecule has 0 bridgehead atoms. The first-order valence-electron chi connectivity index (χ1n) is 9.70. The highest BCUT2D eigenvalue weighted by Gasteiger charge is 2.14. The standard InChI is InChI=1S/C22H20ClN5O2S2/c1-14-7-9-15(10-8-14)17-12-31-21(24-17)25-20(29)13-32-22-27-26-19(28(22)2)11-30-18-6-4-3-5-16(18)23/h3-10,12H,11,13H2,1-2H3,(H,24,25,29). The van der Waals surface area contributed by atoms with Gasteiger partial charge in [0.25, 0.3) is 0 Å². The Hall–Kier alpha value is -2.88. The van der Waals surface area contributed by atoms with Gasteiger partial charge in [0.1, 0.15) is 12.4 Å². The van der Waals surface area contributed by atoms with Gasteiger partial charge in [0.2, 0.25) is 5.91 Å². The Kier molecular flexibility index (Phi) is 7.09. The van der Waals surface area contributed by atoms with E-state index in [1.54, 1.807) is 16.7 Å². The van der Waals surface area contributed by atoms with E-state index in [2.05, 4.69) is 20.5 Å². The Bertz CT molecular complexity index is 1220. The van der Waals surface area contributed by atoms with E-state index in [4.69, 9.17) is 16.3 Å². The predicted octanol–water partition coefficient (Wildman–Crippen LogP) is 5.21. The highest BCUT2D eigenvalue weighted by atomic mass is 35.5. The minimum Gasteiger partial charge on any atom is -0.484 e. The molecule has 0 unspecified atom stereocenters. The van der Waals surface area contributed by atoms with Crippen LogP contribution in [0.5, 0.6) is 5.75 Å². The third-order valence-electron chi connectivity index (χ3n) is 4.55. The van der Waals surface area contributed by atoms with E-state index >= 15 is 0 Å². The fourth-order valence-corrected chi connectivity index (χ4v) is 4.43. The Labute approximate surface area is 198 Å². The van der Waals surface area contributed by atoms with Gasteiger partial charge in [-0.1, -0.05) is 65.3 Å². The molecule has 0 aliphatic carbocycles. The number of aromatic nitrogens is 4. The van der Waals surface area contributed by atoms with Gasteiger partial charge in [-0.3, -0.25) is 4.79 Å². The Morgan fingerprint density at radius 2 is 1.97 bits per heavy atom. The first kappa shape index (κ1) is 22.3. The number of nitrogens with zero attached hydrogens (tertiary/aromatic N) is 4. The molecule has 32 heavy (non-hydrogen) atoms. The summed E-state index contributed by atoms with van der Waals surface area (Å²) in [6.45, 7) is 2.26. The van der Waals surface area contributed by atoms with Gasteiger partial charge in [0.15, 0.2) is 16.1 Å². The second kappa shape index (κ2) is 10.2. The molecule has 0 aliphatic heterocycles. The molecule has 0 fully saturated rings. The summed E-state index contributed by atoms with van der Waals surface area (Å²) in [5.41, 5.74) is 3.05. The molecule has 0 radical (unpaired) electrons. The number of aryl methyl sites for hydroxylation is 1. The Morgan fingerprint density at radius 1 is 1.19 bits per heavy atom. The molecular weight excluding hydrogens is 466 g/mol. The molecule has 10 heteroatoms. The lowest BCUT2D eigenvalue weighted by molar-refractivity contribution is -0.113. The third-order valence-corrected chi connectivity index (χ3v) is 6.64. The van der Waals surface area contributed by atoms with Crippen LogP contribution in [-0.2, 0) is 18.4 Å². The van der Waals surface area contributed by atoms with E-state index in [-0.39, 0.29) is 18.3 Å². The van der Waals surface area contributed by atoms with E-state index in [0.717, 1.165) is 11.3 Å². The van der Waals surface area contributed by atoms with Gasteiger partial charge in [-0.15, -0.1) is 21.5 Å². The zero-order chi connectivity index (χ0) is 22.5. The number of para-hydroxylation sites is 1. The van der Waals surface area contributed by atoms with Crippen molar-refractivity contribution in [3.8, 4) is 17.0 Å². The lowest BCUT2D eigenvalue weighted by Crippen LogP contribution is -2.14. The lowest BCUT2D eigenvalue weighted by atomic mass is 10.1. The molecule has 4 aromatic rings. The van der Waals surface area contributed by atoms with Crippen LogP contribution in [-0.4, -0.2) is 31.4 Å². The molecule has 7 nitrogen and oxygen atoms in total. The zero-order valence-electron chi connectivity index (χ0n) is 17.4. The first-order chi connectivity index (χ1) is 15.5. The van der Waals surface area contributed by atoms with Crippen LogP contribution in [0.1, 0.15) is 11.4 Å². The second-order valence-corrected chi connectivity index (χ2v) is 9.13. The summed E-state index contributed by atoms with van der Waals surface area (Å²) in [6.07, 6.45) is 0. The summed E-state index contributed by atoms with van der Waals surface area (Å²) in [5, 5.41) is 14.8. The number of carbonyl (C=O) groups excluding carboxylic acids is 1. The van der Waals surface area contributed by atoms with Crippen LogP contribution >= 0.6 is 34.7 Å². The topological polar surface area (TPSA) is 81.9 Å². The summed E-state index contributed by atoms with van der Waals surface area (Å²) in [6, 6.07) is 15.4. The first-order valence-corrected chi connectivity index (χ1v) is 11.9. The molecule has 1 amide bonds. The number of hydrogen-bond acceptors (Lipinski definition) is 7. The molecule has 4 rings (SSSR count). The maximum absolute atomic E-state index is 12.4. The highest BCUT2D eigenvalue weighted by Crippen LogP contribution is 2.26. The van der Waals surface area contributed by atoms with Crippen molar-refractivity contribution in [1.29, 1.82) is 0 Å². The maximum atomic E-state index is 12.4. The number of rotatable bonds is 8. The quantitative estimate of drug-likeness (QED) is 0.345. The molecular formula is C22H20ClN5O2S2. The van der Waals surface area contributed by atoms with Crippen LogP contribution in [0.3, 0.4) is 0 Å². The van der Waals surface area contributed by atoms with E-state index in [1.165, 1.54) is 28.7 Å². The van der Waals surface area contributed by atoms with Gasteiger partial charge in [0.05, 0.1) is 16.5 Å². The van der Waals surface area contributed by atoms with Crippen molar-refractivity contribution in [2.75, 3.05) is 11.1 Å². The predicted molar refractivity (Wildman–Crippen MR) is 128 cm³/mol. The van der Waals surface area contributed by atoms with E-state index < -0.39 is 0 Å². The molecule has 0 aliphatic rings. The van der Waals surface area contributed by atoms with Gasteiger partial charge < -0.3 is 14.6 Å². The van der Waals surface area contributed by atoms with Crippen LogP contribution in [0, 0.1) is 6.92 Å². The zero-order valence-corrected chi connectivity index (χ0v) is 19.8. The summed E-state index contributed by atoms with van der Waals surface area (Å²) < 4.78 is 7.52. The number of halogens is 1. The van der Waals surface area contributed by atoms with Gasteiger partial charge in [-0.25, -0.2) is 4.98 Å². The molecule has 2 aromatic carbocycles. The molecule has 0 saturated carbocycles. The number of benzene rings is 2. The number of thiazole rings is 1. The van der Waals surface area contributed by atoms with Crippen molar-refractivity contribution in [3.05, 3.63) is 70.3 Å². The van der Waals surface area contributed by atoms with Gasteiger partial charge in [0, 0.05) is 18.0 Å². The fraction of sp³-hybridized carbons (Fsp3) is 0.182. The highest BCUT2D eigenvalue weighted by molar-refractivity contribution is 7.99. The number of anilines is 1. The number of carbonyl (C=O) groups is 1. The molecule has 0 saturated heterocycles. The molecule has 1 N–H and O–H groups in total. The van der Waals surface area contributed by atoms with E-state index in [1.807, 2.05) is 55.7 Å². The number of nitrogens with one attached hydrogen (secondary N) is 1. The summed E-state index contributed by atoms with van der Waals surface area (Å²) in [4.78, 5) is 16.9. The number of hydrogen-bond donors (Lipinski definition) is 1.